The second kappa shape index (κ2) is 10.5. The van der Waals surface area contributed by atoms with Crippen molar-refractivity contribution in [3.63, 3.8) is 0 Å². The number of nitrogens with zero attached hydrogens (tertiary/aromatic N) is 6. The third kappa shape index (κ3) is 5.54. The lowest BCUT2D eigenvalue weighted by atomic mass is 10.1. The molecule has 1 aliphatic rings. The summed E-state index contributed by atoms with van der Waals surface area (Å²) < 4.78 is 15.1. The number of hydrogen-bond donors (Lipinski definition) is 1. The zero-order valence-corrected chi connectivity index (χ0v) is 19.1. The van der Waals surface area contributed by atoms with Crippen molar-refractivity contribution >= 4 is 11.9 Å². The predicted octanol–water partition coefficient (Wildman–Crippen LogP) is 2.69. The van der Waals surface area contributed by atoms with Crippen molar-refractivity contribution in [2.45, 2.75) is 32.7 Å². The number of halogens is 1. The van der Waals surface area contributed by atoms with Crippen molar-refractivity contribution in [1.29, 1.82) is 0 Å². The van der Waals surface area contributed by atoms with Gasteiger partial charge in [0.25, 0.3) is 5.91 Å². The molecule has 3 aromatic rings. The second-order valence-corrected chi connectivity index (χ2v) is 8.35. The number of nitrogens with one attached hydrogen (secondary N) is 1. The highest BCUT2D eigenvalue weighted by Crippen LogP contribution is 2.18. The minimum atomic E-state index is -0.299. The number of aromatic nitrogens is 4. The highest BCUT2D eigenvalue weighted by molar-refractivity contribution is 5.95. The topological polar surface area (TPSA) is 79.2 Å². The molecule has 0 saturated carbocycles. The minimum Gasteiger partial charge on any atom is -0.348 e. The van der Waals surface area contributed by atoms with Crippen LogP contribution in [-0.4, -0.2) is 69.3 Å². The van der Waals surface area contributed by atoms with E-state index in [9.17, 15) is 9.18 Å². The van der Waals surface area contributed by atoms with Crippen LogP contribution < -0.4 is 10.2 Å². The number of rotatable bonds is 8. The first-order valence-corrected chi connectivity index (χ1v) is 11.4. The molecule has 3 heterocycles. The van der Waals surface area contributed by atoms with Crippen LogP contribution in [0.3, 0.4) is 0 Å². The van der Waals surface area contributed by atoms with Crippen LogP contribution in [0.25, 0.3) is 5.69 Å². The van der Waals surface area contributed by atoms with E-state index < -0.39 is 0 Å². The molecule has 1 atom stereocenters. The van der Waals surface area contributed by atoms with Crippen LogP contribution >= 0.6 is 0 Å². The summed E-state index contributed by atoms with van der Waals surface area (Å²) in [7, 11) is 0. The monoisotopic (exact) mass is 451 g/mol. The van der Waals surface area contributed by atoms with E-state index in [1.807, 2.05) is 13.0 Å². The quantitative estimate of drug-likeness (QED) is 0.567. The Morgan fingerprint density at radius 1 is 1.12 bits per heavy atom. The Labute approximate surface area is 193 Å². The highest BCUT2D eigenvalue weighted by Gasteiger charge is 2.23. The van der Waals surface area contributed by atoms with E-state index in [0.717, 1.165) is 56.5 Å². The van der Waals surface area contributed by atoms with Crippen molar-refractivity contribution in [1.82, 2.24) is 30.0 Å². The normalized spacial score (nSPS) is 15.4. The summed E-state index contributed by atoms with van der Waals surface area (Å²) in [6.45, 7) is 8.35. The first-order valence-electron chi connectivity index (χ1n) is 11.4. The Bertz CT molecular complexity index is 1050. The van der Waals surface area contributed by atoms with Crippen molar-refractivity contribution < 1.29 is 9.18 Å². The molecule has 8 nitrogen and oxygen atoms in total. The van der Waals surface area contributed by atoms with E-state index >= 15 is 0 Å². The van der Waals surface area contributed by atoms with E-state index in [4.69, 9.17) is 0 Å². The smallest absolute Gasteiger partial charge is 0.255 e. The lowest BCUT2D eigenvalue weighted by Crippen LogP contribution is -2.51. The zero-order valence-electron chi connectivity index (χ0n) is 19.1. The first kappa shape index (κ1) is 22.8. The second-order valence-electron chi connectivity index (χ2n) is 8.35. The van der Waals surface area contributed by atoms with Crippen LogP contribution in [0.4, 0.5) is 10.3 Å². The van der Waals surface area contributed by atoms with Gasteiger partial charge in [-0.15, -0.1) is 0 Å². The van der Waals surface area contributed by atoms with Crippen LogP contribution in [-0.2, 0) is 6.42 Å². The molecule has 1 unspecified atom stereocenters. The number of anilines is 1. The summed E-state index contributed by atoms with van der Waals surface area (Å²) in [6.07, 6.45) is 6.71. The van der Waals surface area contributed by atoms with Crippen LogP contribution in [0.5, 0.6) is 0 Å². The summed E-state index contributed by atoms with van der Waals surface area (Å²) in [6, 6.07) is 7.95. The summed E-state index contributed by atoms with van der Waals surface area (Å²) in [5.41, 5.74) is 2.15. The number of hydrogen-bond acceptors (Lipinski definition) is 6. The number of carbonyl (C=O) groups is 1. The Morgan fingerprint density at radius 2 is 1.82 bits per heavy atom. The molecule has 0 bridgehead atoms. The largest absolute Gasteiger partial charge is 0.348 e. The molecule has 1 aromatic carbocycles. The maximum atomic E-state index is 13.3. The molecule has 1 amide bonds. The van der Waals surface area contributed by atoms with Crippen molar-refractivity contribution in [3.05, 3.63) is 66.0 Å². The van der Waals surface area contributed by atoms with Gasteiger partial charge in [0.15, 0.2) is 0 Å². The molecule has 4 rings (SSSR count). The molecule has 0 spiro atoms. The van der Waals surface area contributed by atoms with Crippen molar-refractivity contribution in [2.24, 2.45) is 0 Å². The average Bonchev–Trinajstić information content (AvgIpc) is 3.24. The van der Waals surface area contributed by atoms with Crippen LogP contribution in [0.2, 0.25) is 0 Å². The Balaban J connectivity index is 1.35. The van der Waals surface area contributed by atoms with E-state index in [-0.39, 0.29) is 17.8 Å². The third-order valence-corrected chi connectivity index (χ3v) is 5.79. The van der Waals surface area contributed by atoms with Gasteiger partial charge in [0, 0.05) is 51.2 Å². The van der Waals surface area contributed by atoms with Gasteiger partial charge in [0.05, 0.1) is 23.1 Å². The van der Waals surface area contributed by atoms with Crippen LogP contribution in [0.1, 0.15) is 36.3 Å². The number of benzene rings is 1. The van der Waals surface area contributed by atoms with E-state index in [1.54, 1.807) is 35.4 Å². The van der Waals surface area contributed by atoms with Gasteiger partial charge < -0.3 is 10.2 Å². The fraction of sp³-hybridized carbons (Fsp3) is 0.417. The molecule has 33 heavy (non-hydrogen) atoms. The molecule has 0 aliphatic carbocycles. The number of piperazine rings is 1. The molecule has 174 valence electrons. The molecular formula is C24H30FN7O. The molecule has 1 saturated heterocycles. The molecule has 1 aliphatic heterocycles. The molecular weight excluding hydrogens is 421 g/mol. The van der Waals surface area contributed by atoms with Crippen molar-refractivity contribution in [2.75, 3.05) is 37.6 Å². The molecule has 1 fully saturated rings. The van der Waals surface area contributed by atoms with Gasteiger partial charge in [-0.25, -0.2) is 19.0 Å². The maximum Gasteiger partial charge on any atom is 0.255 e. The van der Waals surface area contributed by atoms with Crippen molar-refractivity contribution in [3.8, 4) is 5.69 Å². The average molecular weight is 452 g/mol. The van der Waals surface area contributed by atoms with Crippen LogP contribution in [0, 0.1) is 5.82 Å². The lowest BCUT2D eigenvalue weighted by Gasteiger charge is -2.35. The standard InChI is InChI=1S/C24H30FN7O/c1-3-5-22-21(16-28-32(22)20-8-6-19(25)7-9-20)23(33)29-18(2)17-30-12-14-31(15-13-30)24-26-10-4-11-27-24/h4,6-11,16,18H,3,5,12-15,17H2,1-2H3,(H,29,33). The minimum absolute atomic E-state index is 0.0133. The molecule has 2 aromatic heterocycles. The summed E-state index contributed by atoms with van der Waals surface area (Å²) >= 11 is 0. The number of carbonyl (C=O) groups excluding carboxylic acids is 1. The van der Waals surface area contributed by atoms with E-state index in [1.165, 1.54) is 12.1 Å². The number of amides is 1. The van der Waals surface area contributed by atoms with Gasteiger partial charge in [-0.1, -0.05) is 13.3 Å². The fourth-order valence-electron chi connectivity index (χ4n) is 4.17. The summed E-state index contributed by atoms with van der Waals surface area (Å²) in [5.74, 6) is 0.336. The highest BCUT2D eigenvalue weighted by atomic mass is 19.1. The first-order chi connectivity index (χ1) is 16.0. The van der Waals surface area contributed by atoms with Gasteiger partial charge in [0.1, 0.15) is 5.82 Å². The fourth-order valence-corrected chi connectivity index (χ4v) is 4.17. The van der Waals surface area contributed by atoms with Crippen LogP contribution in [0.15, 0.2) is 48.9 Å². The Morgan fingerprint density at radius 3 is 2.48 bits per heavy atom. The summed E-state index contributed by atoms with van der Waals surface area (Å²) in [5, 5.41) is 7.55. The zero-order chi connectivity index (χ0) is 23.2. The SMILES string of the molecule is CCCc1c(C(=O)NC(C)CN2CCN(c3ncccn3)CC2)cnn1-c1ccc(F)cc1. The van der Waals surface area contributed by atoms with E-state index in [0.29, 0.717) is 12.0 Å². The van der Waals surface area contributed by atoms with E-state index in [2.05, 4.69) is 37.1 Å². The Hall–Kier alpha value is -3.33. The Kier molecular flexibility index (Phi) is 7.29. The predicted molar refractivity (Wildman–Crippen MR) is 125 cm³/mol. The molecule has 1 N–H and O–H groups in total. The third-order valence-electron chi connectivity index (χ3n) is 5.79. The molecule has 0 radical (unpaired) electrons. The molecule has 9 heteroatoms. The maximum absolute atomic E-state index is 13.3. The van der Waals surface area contributed by atoms with Gasteiger partial charge in [-0.3, -0.25) is 9.69 Å². The summed E-state index contributed by atoms with van der Waals surface area (Å²) in [4.78, 5) is 26.2. The van der Waals surface area contributed by atoms with Gasteiger partial charge in [-0.05, 0) is 43.7 Å². The van der Waals surface area contributed by atoms with Gasteiger partial charge in [-0.2, -0.15) is 5.10 Å². The van der Waals surface area contributed by atoms with Gasteiger partial charge in [0.2, 0.25) is 5.95 Å². The van der Waals surface area contributed by atoms with Gasteiger partial charge >= 0.3 is 0 Å². The lowest BCUT2D eigenvalue weighted by molar-refractivity contribution is 0.0927.